The molecule has 0 saturated heterocycles. The Balaban J connectivity index is 2.73. The summed E-state index contributed by atoms with van der Waals surface area (Å²) in [6, 6.07) is -0.577. The van der Waals surface area contributed by atoms with Crippen LogP contribution in [0.5, 0.6) is 0 Å². The Kier molecular flexibility index (Phi) is 5.35. The summed E-state index contributed by atoms with van der Waals surface area (Å²) in [6.07, 6.45) is 2.53. The molecular weight excluding hydrogens is 264 g/mol. The second kappa shape index (κ2) is 6.58. The van der Waals surface area contributed by atoms with Crippen molar-refractivity contribution in [1.29, 1.82) is 0 Å². The number of esters is 1. The molecule has 0 aromatic rings. The maximum absolute atomic E-state index is 12.0. The topological polar surface area (TPSA) is 95.9 Å². The van der Waals surface area contributed by atoms with Crippen LogP contribution in [0.3, 0.4) is 0 Å². The summed E-state index contributed by atoms with van der Waals surface area (Å²) < 4.78 is 4.47. The number of carbonyl (C=O) groups is 3. The number of rotatable bonds is 4. The number of likely N-dealkylation sites (N-methyl/N-ethyl adjacent to an activating group) is 1. The summed E-state index contributed by atoms with van der Waals surface area (Å²) in [5.74, 6) is -1.33. The van der Waals surface area contributed by atoms with E-state index in [1.54, 1.807) is 0 Å². The van der Waals surface area contributed by atoms with Crippen molar-refractivity contribution in [2.45, 2.75) is 38.1 Å². The van der Waals surface area contributed by atoms with Crippen LogP contribution in [0.25, 0.3) is 0 Å². The van der Waals surface area contributed by atoms with Gasteiger partial charge >= 0.3 is 18.0 Å². The number of urea groups is 1. The first-order valence-electron chi connectivity index (χ1n) is 6.64. The Hall–Kier alpha value is -1.79. The first kappa shape index (κ1) is 16.3. The predicted octanol–water partition coefficient (Wildman–Crippen LogP) is 0.834. The lowest BCUT2D eigenvalue weighted by molar-refractivity contribution is -0.146. The van der Waals surface area contributed by atoms with Crippen LogP contribution in [0.15, 0.2) is 0 Å². The molecule has 20 heavy (non-hydrogen) atoms. The fourth-order valence-corrected chi connectivity index (χ4v) is 2.54. The Labute approximate surface area is 118 Å². The third-order valence-electron chi connectivity index (χ3n) is 3.69. The molecule has 1 rings (SSSR count). The number of nitrogens with one attached hydrogen (secondary N) is 1. The number of ether oxygens (including phenoxy) is 1. The third kappa shape index (κ3) is 3.85. The summed E-state index contributed by atoms with van der Waals surface area (Å²) >= 11 is 0. The lowest BCUT2D eigenvalue weighted by atomic mass is 9.76. The second-order valence-electron chi connectivity index (χ2n) is 5.45. The Bertz CT molecular complexity index is 398. The standard InChI is InChI=1S/C13H22N2O5/c1-9-5-4-6-13(7-9,11(17)18)14-12(19)15(2)8-10(16)20-3/h9H,4-8H2,1-3H3,(H,14,19)(H,17,18). The van der Waals surface area contributed by atoms with Gasteiger partial charge in [-0.3, -0.25) is 4.79 Å². The fraction of sp³-hybridized carbons (Fsp3) is 0.769. The molecule has 114 valence electrons. The van der Waals surface area contributed by atoms with E-state index in [-0.39, 0.29) is 12.5 Å². The van der Waals surface area contributed by atoms with Gasteiger partial charge in [0.1, 0.15) is 12.1 Å². The maximum Gasteiger partial charge on any atom is 0.329 e. The molecule has 0 aromatic carbocycles. The Morgan fingerprint density at radius 3 is 2.60 bits per heavy atom. The zero-order chi connectivity index (χ0) is 15.3. The van der Waals surface area contributed by atoms with Crippen molar-refractivity contribution in [2.24, 2.45) is 5.92 Å². The van der Waals surface area contributed by atoms with E-state index in [4.69, 9.17) is 0 Å². The highest BCUT2D eigenvalue weighted by molar-refractivity contribution is 5.87. The number of hydrogen-bond acceptors (Lipinski definition) is 4. The largest absolute Gasteiger partial charge is 0.480 e. The first-order chi connectivity index (χ1) is 9.30. The minimum atomic E-state index is -1.24. The number of amides is 2. The van der Waals surface area contributed by atoms with Crippen molar-refractivity contribution < 1.29 is 24.2 Å². The molecule has 0 heterocycles. The van der Waals surface area contributed by atoms with Gasteiger partial charge in [-0.25, -0.2) is 9.59 Å². The van der Waals surface area contributed by atoms with Crippen LogP contribution in [-0.2, 0) is 14.3 Å². The van der Waals surface area contributed by atoms with Crippen LogP contribution in [0.4, 0.5) is 4.79 Å². The average molecular weight is 286 g/mol. The number of carbonyl (C=O) groups excluding carboxylic acids is 2. The van der Waals surface area contributed by atoms with Crippen LogP contribution in [0.2, 0.25) is 0 Å². The second-order valence-corrected chi connectivity index (χ2v) is 5.45. The molecular formula is C13H22N2O5. The summed E-state index contributed by atoms with van der Waals surface area (Å²) in [5.41, 5.74) is -1.24. The Morgan fingerprint density at radius 1 is 1.45 bits per heavy atom. The number of nitrogens with zero attached hydrogens (tertiary/aromatic N) is 1. The normalized spacial score (nSPS) is 25.6. The number of carboxylic acids is 1. The van der Waals surface area contributed by atoms with Crippen molar-refractivity contribution in [3.05, 3.63) is 0 Å². The zero-order valence-corrected chi connectivity index (χ0v) is 12.1. The fourth-order valence-electron chi connectivity index (χ4n) is 2.54. The van der Waals surface area contributed by atoms with Gasteiger partial charge in [-0.15, -0.1) is 0 Å². The molecule has 0 bridgehead atoms. The summed E-state index contributed by atoms with van der Waals surface area (Å²) in [6.45, 7) is 1.76. The highest BCUT2D eigenvalue weighted by atomic mass is 16.5. The number of aliphatic carboxylic acids is 1. The quantitative estimate of drug-likeness (QED) is 0.746. The highest BCUT2D eigenvalue weighted by Crippen LogP contribution is 2.32. The number of carboxylic acid groups (broad SMARTS) is 1. The van der Waals surface area contributed by atoms with Crippen LogP contribution in [-0.4, -0.2) is 54.2 Å². The lowest BCUT2D eigenvalue weighted by Crippen LogP contribution is -2.59. The van der Waals surface area contributed by atoms with Gasteiger partial charge in [0, 0.05) is 7.05 Å². The van der Waals surface area contributed by atoms with E-state index in [0.717, 1.165) is 17.7 Å². The SMILES string of the molecule is COC(=O)CN(C)C(=O)NC1(C(=O)O)CCCC(C)C1. The van der Waals surface area contributed by atoms with E-state index in [1.807, 2.05) is 6.92 Å². The molecule has 7 nitrogen and oxygen atoms in total. The summed E-state index contributed by atoms with van der Waals surface area (Å²) in [7, 11) is 2.66. The molecule has 1 aliphatic rings. The first-order valence-corrected chi connectivity index (χ1v) is 6.64. The molecule has 2 amide bonds. The number of hydrogen-bond donors (Lipinski definition) is 2. The molecule has 2 N–H and O–H groups in total. The molecule has 0 aliphatic heterocycles. The van der Waals surface area contributed by atoms with Crippen molar-refractivity contribution >= 4 is 18.0 Å². The molecule has 1 aliphatic carbocycles. The zero-order valence-electron chi connectivity index (χ0n) is 12.1. The smallest absolute Gasteiger partial charge is 0.329 e. The molecule has 1 saturated carbocycles. The minimum absolute atomic E-state index is 0.215. The van der Waals surface area contributed by atoms with Gasteiger partial charge in [0.2, 0.25) is 0 Å². The molecule has 7 heteroatoms. The lowest BCUT2D eigenvalue weighted by Gasteiger charge is -2.37. The predicted molar refractivity (Wildman–Crippen MR) is 71.2 cm³/mol. The minimum Gasteiger partial charge on any atom is -0.480 e. The van der Waals surface area contributed by atoms with Crippen molar-refractivity contribution in [3.8, 4) is 0 Å². The van der Waals surface area contributed by atoms with Gasteiger partial charge in [0.05, 0.1) is 7.11 Å². The van der Waals surface area contributed by atoms with Gasteiger partial charge in [-0.2, -0.15) is 0 Å². The van der Waals surface area contributed by atoms with Gasteiger partial charge < -0.3 is 20.1 Å². The van der Waals surface area contributed by atoms with Gasteiger partial charge in [-0.05, 0) is 18.8 Å². The third-order valence-corrected chi connectivity index (χ3v) is 3.69. The van der Waals surface area contributed by atoms with Crippen molar-refractivity contribution in [1.82, 2.24) is 10.2 Å². The van der Waals surface area contributed by atoms with Crippen LogP contribution in [0, 0.1) is 5.92 Å². The van der Waals surface area contributed by atoms with Gasteiger partial charge in [0.25, 0.3) is 0 Å². The molecule has 2 atom stereocenters. The van der Waals surface area contributed by atoms with E-state index >= 15 is 0 Å². The summed E-state index contributed by atoms with van der Waals surface area (Å²) in [4.78, 5) is 35.8. The van der Waals surface area contributed by atoms with Crippen LogP contribution >= 0.6 is 0 Å². The van der Waals surface area contributed by atoms with Crippen molar-refractivity contribution in [2.75, 3.05) is 20.7 Å². The van der Waals surface area contributed by atoms with E-state index in [9.17, 15) is 19.5 Å². The van der Waals surface area contributed by atoms with Crippen LogP contribution < -0.4 is 5.32 Å². The van der Waals surface area contributed by atoms with E-state index in [2.05, 4.69) is 10.1 Å². The maximum atomic E-state index is 12.0. The monoisotopic (exact) mass is 286 g/mol. The Morgan fingerprint density at radius 2 is 2.10 bits per heavy atom. The molecule has 0 spiro atoms. The van der Waals surface area contributed by atoms with Gasteiger partial charge in [-0.1, -0.05) is 19.8 Å². The molecule has 0 aromatic heterocycles. The van der Waals surface area contributed by atoms with Gasteiger partial charge in [0.15, 0.2) is 0 Å². The molecule has 1 fully saturated rings. The van der Waals surface area contributed by atoms with Crippen LogP contribution in [0.1, 0.15) is 32.6 Å². The highest BCUT2D eigenvalue weighted by Gasteiger charge is 2.43. The number of methoxy groups -OCH3 is 1. The van der Waals surface area contributed by atoms with E-state index in [0.29, 0.717) is 12.8 Å². The average Bonchev–Trinajstić information content (AvgIpc) is 2.38. The molecule has 2 unspecified atom stereocenters. The van der Waals surface area contributed by atoms with Crippen molar-refractivity contribution in [3.63, 3.8) is 0 Å². The van der Waals surface area contributed by atoms with E-state index < -0.39 is 23.5 Å². The summed E-state index contributed by atoms with van der Waals surface area (Å²) in [5, 5.41) is 12.0. The molecule has 0 radical (unpaired) electrons. The van der Waals surface area contributed by atoms with E-state index in [1.165, 1.54) is 14.2 Å².